The molecule has 1 aliphatic rings. The Bertz CT molecular complexity index is 273. The highest BCUT2D eigenvalue weighted by Gasteiger charge is 2.33. The molecule has 6 nitrogen and oxygen atoms in total. The lowest BCUT2D eigenvalue weighted by Crippen LogP contribution is -2.47. The SMILES string of the molecule is O=C=NC1C(CCO)CCCN1C(=O)O. The van der Waals surface area contributed by atoms with Crippen LogP contribution in [-0.2, 0) is 4.79 Å². The maximum atomic E-state index is 10.9. The number of aliphatic hydroxyl groups is 1. The van der Waals surface area contributed by atoms with Crippen molar-refractivity contribution in [1.29, 1.82) is 0 Å². The molecule has 1 fully saturated rings. The van der Waals surface area contributed by atoms with Gasteiger partial charge in [0.2, 0.25) is 6.08 Å². The number of aliphatic imine (C=N–C) groups is 1. The van der Waals surface area contributed by atoms with Crippen molar-refractivity contribution in [2.24, 2.45) is 10.9 Å². The van der Waals surface area contributed by atoms with Crippen LogP contribution >= 0.6 is 0 Å². The van der Waals surface area contributed by atoms with Gasteiger partial charge in [-0.2, -0.15) is 4.99 Å². The van der Waals surface area contributed by atoms with Crippen LogP contribution < -0.4 is 0 Å². The number of carbonyl (C=O) groups excluding carboxylic acids is 1. The van der Waals surface area contributed by atoms with Gasteiger partial charge in [0.25, 0.3) is 0 Å². The predicted octanol–water partition coefficient (Wildman–Crippen LogP) is 0.421. The number of hydrogen-bond acceptors (Lipinski definition) is 4. The van der Waals surface area contributed by atoms with Crippen molar-refractivity contribution in [2.75, 3.05) is 13.2 Å². The van der Waals surface area contributed by atoms with Gasteiger partial charge in [0.15, 0.2) is 0 Å². The lowest BCUT2D eigenvalue weighted by atomic mass is 9.92. The molecule has 0 spiro atoms. The van der Waals surface area contributed by atoms with E-state index < -0.39 is 12.3 Å². The van der Waals surface area contributed by atoms with E-state index in [1.54, 1.807) is 0 Å². The van der Waals surface area contributed by atoms with E-state index in [0.29, 0.717) is 13.0 Å². The van der Waals surface area contributed by atoms with E-state index in [9.17, 15) is 9.59 Å². The first-order valence-electron chi connectivity index (χ1n) is 4.88. The average Bonchev–Trinajstić information content (AvgIpc) is 2.21. The number of aliphatic hydroxyl groups excluding tert-OH is 1. The van der Waals surface area contributed by atoms with Gasteiger partial charge in [-0.15, -0.1) is 0 Å². The topological polar surface area (TPSA) is 90.2 Å². The molecule has 1 saturated heterocycles. The van der Waals surface area contributed by atoms with Crippen molar-refractivity contribution in [3.63, 3.8) is 0 Å². The number of likely N-dealkylation sites (tertiary alicyclic amines) is 1. The number of hydrogen-bond donors (Lipinski definition) is 2. The van der Waals surface area contributed by atoms with Gasteiger partial charge in [-0.3, -0.25) is 4.90 Å². The van der Waals surface area contributed by atoms with Crippen LogP contribution in [0.25, 0.3) is 0 Å². The third kappa shape index (κ3) is 2.78. The second kappa shape index (κ2) is 5.48. The normalized spacial score (nSPS) is 25.8. The first-order chi connectivity index (χ1) is 7.20. The second-order valence-electron chi connectivity index (χ2n) is 3.52. The van der Waals surface area contributed by atoms with E-state index in [-0.39, 0.29) is 12.5 Å². The molecule has 2 N–H and O–H groups in total. The van der Waals surface area contributed by atoms with Crippen molar-refractivity contribution in [3.05, 3.63) is 0 Å². The summed E-state index contributed by atoms with van der Waals surface area (Å²) in [7, 11) is 0. The van der Waals surface area contributed by atoms with Crippen LogP contribution in [0.4, 0.5) is 4.79 Å². The molecule has 2 atom stereocenters. The smallest absolute Gasteiger partial charge is 0.409 e. The summed E-state index contributed by atoms with van der Waals surface area (Å²) in [4.78, 5) is 25.7. The first kappa shape index (κ1) is 11.7. The monoisotopic (exact) mass is 214 g/mol. The molecule has 1 amide bonds. The minimum Gasteiger partial charge on any atom is -0.465 e. The van der Waals surface area contributed by atoms with Crippen molar-refractivity contribution in [1.82, 2.24) is 4.90 Å². The molecule has 0 bridgehead atoms. The molecular weight excluding hydrogens is 200 g/mol. The summed E-state index contributed by atoms with van der Waals surface area (Å²) in [5, 5.41) is 17.7. The summed E-state index contributed by atoms with van der Waals surface area (Å²) in [5.74, 6) is -0.0821. The predicted molar refractivity (Wildman–Crippen MR) is 51.1 cm³/mol. The molecule has 0 aromatic carbocycles. The molecule has 0 aliphatic carbocycles. The third-order valence-electron chi connectivity index (χ3n) is 2.65. The van der Waals surface area contributed by atoms with E-state index in [1.165, 1.54) is 6.08 Å². The third-order valence-corrected chi connectivity index (χ3v) is 2.65. The molecular formula is C9H14N2O4. The molecule has 1 rings (SSSR count). The van der Waals surface area contributed by atoms with Gasteiger partial charge in [-0.1, -0.05) is 0 Å². The number of carbonyl (C=O) groups is 1. The second-order valence-corrected chi connectivity index (χ2v) is 3.52. The van der Waals surface area contributed by atoms with Crippen molar-refractivity contribution in [2.45, 2.75) is 25.4 Å². The quantitative estimate of drug-likeness (QED) is 0.526. The van der Waals surface area contributed by atoms with Crippen molar-refractivity contribution >= 4 is 12.2 Å². The Balaban J connectivity index is 2.79. The van der Waals surface area contributed by atoms with Crippen LogP contribution in [0.3, 0.4) is 0 Å². The van der Waals surface area contributed by atoms with Crippen LogP contribution in [0.5, 0.6) is 0 Å². The Labute approximate surface area is 87.2 Å². The summed E-state index contributed by atoms with van der Waals surface area (Å²) in [6, 6.07) is 0. The minimum atomic E-state index is -1.08. The summed E-state index contributed by atoms with van der Waals surface area (Å²) in [6.07, 6.45) is 1.61. The summed E-state index contributed by atoms with van der Waals surface area (Å²) in [6.45, 7) is 0.357. The minimum absolute atomic E-state index is 0.0248. The molecule has 1 heterocycles. The molecule has 84 valence electrons. The fourth-order valence-electron chi connectivity index (χ4n) is 1.96. The highest BCUT2D eigenvalue weighted by atomic mass is 16.4. The molecule has 0 saturated carbocycles. The zero-order valence-electron chi connectivity index (χ0n) is 8.30. The van der Waals surface area contributed by atoms with Crippen molar-refractivity contribution in [3.8, 4) is 0 Å². The molecule has 0 aromatic rings. The molecule has 6 heteroatoms. The van der Waals surface area contributed by atoms with Crippen LogP contribution in [0, 0.1) is 5.92 Å². The van der Waals surface area contributed by atoms with Gasteiger partial charge in [-0.25, -0.2) is 9.59 Å². The lowest BCUT2D eigenvalue weighted by molar-refractivity contribution is 0.0720. The average molecular weight is 214 g/mol. The van der Waals surface area contributed by atoms with E-state index in [2.05, 4.69) is 4.99 Å². The highest BCUT2D eigenvalue weighted by molar-refractivity contribution is 5.65. The lowest BCUT2D eigenvalue weighted by Gasteiger charge is -2.35. The Kier molecular flexibility index (Phi) is 4.27. The number of amides is 1. The first-order valence-corrected chi connectivity index (χ1v) is 4.88. The fraction of sp³-hybridized carbons (Fsp3) is 0.778. The van der Waals surface area contributed by atoms with Gasteiger partial charge in [0, 0.05) is 19.1 Å². The molecule has 15 heavy (non-hydrogen) atoms. The number of nitrogens with zero attached hydrogens (tertiary/aromatic N) is 2. The van der Waals surface area contributed by atoms with E-state index >= 15 is 0 Å². The van der Waals surface area contributed by atoms with Gasteiger partial charge in [0.1, 0.15) is 6.17 Å². The van der Waals surface area contributed by atoms with Crippen LogP contribution in [0.1, 0.15) is 19.3 Å². The molecule has 0 aromatic heterocycles. The Morgan fingerprint density at radius 3 is 2.87 bits per heavy atom. The van der Waals surface area contributed by atoms with Crippen molar-refractivity contribution < 1.29 is 19.8 Å². The zero-order chi connectivity index (χ0) is 11.3. The van der Waals surface area contributed by atoms with Gasteiger partial charge < -0.3 is 10.2 Å². The number of rotatable bonds is 3. The van der Waals surface area contributed by atoms with Crippen LogP contribution in [0.2, 0.25) is 0 Å². The van der Waals surface area contributed by atoms with E-state index in [0.717, 1.165) is 17.7 Å². The summed E-state index contributed by atoms with van der Waals surface area (Å²) >= 11 is 0. The van der Waals surface area contributed by atoms with E-state index in [1.807, 2.05) is 0 Å². The van der Waals surface area contributed by atoms with E-state index in [4.69, 9.17) is 10.2 Å². The van der Waals surface area contributed by atoms with Crippen LogP contribution in [-0.4, -0.2) is 46.6 Å². The fourth-order valence-corrected chi connectivity index (χ4v) is 1.96. The maximum Gasteiger partial charge on any atom is 0.409 e. The summed E-state index contributed by atoms with van der Waals surface area (Å²) < 4.78 is 0. The number of isocyanates is 1. The van der Waals surface area contributed by atoms with Gasteiger partial charge in [-0.05, 0) is 19.3 Å². The van der Waals surface area contributed by atoms with Gasteiger partial charge >= 0.3 is 6.09 Å². The standard InChI is InChI=1S/C9H14N2O4/c12-5-3-7-2-1-4-11(9(14)15)8(7)10-6-13/h7-8,12H,1-5H2,(H,14,15). The van der Waals surface area contributed by atoms with Gasteiger partial charge in [0.05, 0.1) is 0 Å². The Morgan fingerprint density at radius 1 is 1.60 bits per heavy atom. The Hall–Kier alpha value is -1.39. The van der Waals surface area contributed by atoms with Crippen LogP contribution in [0.15, 0.2) is 4.99 Å². The summed E-state index contributed by atoms with van der Waals surface area (Å²) in [5.41, 5.74) is 0. The molecule has 1 aliphatic heterocycles. The largest absolute Gasteiger partial charge is 0.465 e. The molecule has 2 unspecified atom stereocenters. The zero-order valence-corrected chi connectivity index (χ0v) is 8.30. The Morgan fingerprint density at radius 2 is 2.33 bits per heavy atom. The maximum absolute atomic E-state index is 10.9. The number of carboxylic acid groups (broad SMARTS) is 1. The highest BCUT2D eigenvalue weighted by Crippen LogP contribution is 2.26. The number of piperidine rings is 1. The molecule has 0 radical (unpaired) electrons.